The molecule has 0 spiro atoms. The molecule has 0 amide bonds. The van der Waals surface area contributed by atoms with Crippen molar-refractivity contribution in [3.8, 4) is 0 Å². The van der Waals surface area contributed by atoms with Crippen molar-refractivity contribution < 1.29 is 13.5 Å². The minimum Gasteiger partial charge on any atom is -0.395 e. The van der Waals surface area contributed by atoms with Gasteiger partial charge in [0.1, 0.15) is 0 Å². The van der Waals surface area contributed by atoms with Gasteiger partial charge in [-0.25, -0.2) is 18.1 Å². The number of hydrogen-bond acceptors (Lipinski definition) is 5. The number of aromatic nitrogens is 2. The number of sulfonamides is 1. The second-order valence-electron chi connectivity index (χ2n) is 3.47. The van der Waals surface area contributed by atoms with Crippen molar-refractivity contribution in [2.45, 2.75) is 18.0 Å². The highest BCUT2D eigenvalue weighted by Crippen LogP contribution is 2.25. The lowest BCUT2D eigenvalue weighted by molar-refractivity contribution is 0.265. The maximum absolute atomic E-state index is 12.0. The fraction of sp³-hybridized carbons (Fsp3) is 0.375. The van der Waals surface area contributed by atoms with Crippen LogP contribution in [-0.2, 0) is 10.0 Å². The second kappa shape index (κ2) is 4.54. The van der Waals surface area contributed by atoms with Crippen LogP contribution in [0.4, 0.5) is 0 Å². The Morgan fingerprint density at radius 1 is 1.71 bits per heavy atom. The smallest absolute Gasteiger partial charge is 0.260 e. The van der Waals surface area contributed by atoms with E-state index in [1.165, 1.54) is 15.7 Å². The van der Waals surface area contributed by atoms with Gasteiger partial charge in [0.05, 0.1) is 6.61 Å². The monoisotopic (exact) mass is 295 g/mol. The lowest BCUT2D eigenvalue weighted by atomic mass is 10.4. The van der Waals surface area contributed by atoms with Crippen molar-refractivity contribution in [3.05, 3.63) is 16.7 Å². The van der Waals surface area contributed by atoms with Crippen LogP contribution < -0.4 is 4.72 Å². The van der Waals surface area contributed by atoms with Crippen LogP contribution in [0.2, 0.25) is 5.15 Å². The Hall–Kier alpha value is -0.670. The van der Waals surface area contributed by atoms with Gasteiger partial charge in [0.15, 0.2) is 15.1 Å². The zero-order valence-corrected chi connectivity index (χ0v) is 11.2. The fourth-order valence-corrected chi connectivity index (χ4v) is 4.02. The minimum atomic E-state index is -3.79. The van der Waals surface area contributed by atoms with Crippen LogP contribution in [0.5, 0.6) is 0 Å². The number of aliphatic hydroxyl groups excluding tert-OH is 1. The van der Waals surface area contributed by atoms with Gasteiger partial charge in [0.25, 0.3) is 10.0 Å². The van der Waals surface area contributed by atoms with Crippen molar-refractivity contribution in [2.75, 3.05) is 6.61 Å². The number of imidazole rings is 1. The molecule has 94 valence electrons. The normalized spacial score (nSPS) is 14.3. The van der Waals surface area contributed by atoms with Crippen LogP contribution in [0.25, 0.3) is 4.96 Å². The van der Waals surface area contributed by atoms with Gasteiger partial charge in [0.2, 0.25) is 0 Å². The summed E-state index contributed by atoms with van der Waals surface area (Å²) in [5, 5.41) is 10.4. The molecular weight excluding hydrogens is 286 g/mol. The molecular formula is C8H10ClN3O3S2. The molecule has 0 aliphatic carbocycles. The van der Waals surface area contributed by atoms with Crippen LogP contribution in [-0.4, -0.2) is 35.6 Å². The Bertz CT molecular complexity index is 634. The summed E-state index contributed by atoms with van der Waals surface area (Å²) < 4.78 is 27.8. The molecule has 17 heavy (non-hydrogen) atoms. The molecule has 2 heterocycles. The van der Waals surface area contributed by atoms with E-state index >= 15 is 0 Å². The van der Waals surface area contributed by atoms with Crippen molar-refractivity contribution in [2.24, 2.45) is 0 Å². The van der Waals surface area contributed by atoms with Crippen LogP contribution >= 0.6 is 22.9 Å². The van der Waals surface area contributed by atoms with Crippen LogP contribution in [0.3, 0.4) is 0 Å². The molecule has 1 atom stereocenters. The number of fused-ring (bicyclic) bond motifs is 1. The van der Waals surface area contributed by atoms with E-state index in [4.69, 9.17) is 16.7 Å². The predicted octanol–water partition coefficient (Wildman–Crippen LogP) is 0.708. The molecule has 0 aromatic carbocycles. The van der Waals surface area contributed by atoms with Crippen molar-refractivity contribution >= 4 is 37.9 Å². The molecule has 0 unspecified atom stereocenters. The third-order valence-electron chi connectivity index (χ3n) is 2.06. The fourth-order valence-electron chi connectivity index (χ4n) is 1.34. The summed E-state index contributed by atoms with van der Waals surface area (Å²) >= 11 is 7.10. The maximum Gasteiger partial charge on any atom is 0.260 e. The molecule has 2 N–H and O–H groups in total. The summed E-state index contributed by atoms with van der Waals surface area (Å²) in [5.74, 6) is 0. The van der Waals surface area contributed by atoms with E-state index in [2.05, 4.69) is 9.71 Å². The average Bonchev–Trinajstić information content (AvgIpc) is 2.75. The molecule has 0 aliphatic rings. The Morgan fingerprint density at radius 2 is 2.41 bits per heavy atom. The number of nitrogens with zero attached hydrogens (tertiary/aromatic N) is 2. The van der Waals surface area contributed by atoms with Gasteiger partial charge in [-0.2, -0.15) is 0 Å². The van der Waals surface area contributed by atoms with Gasteiger partial charge < -0.3 is 5.11 Å². The number of hydrogen-bond donors (Lipinski definition) is 2. The van der Waals surface area contributed by atoms with E-state index in [9.17, 15) is 8.42 Å². The summed E-state index contributed by atoms with van der Waals surface area (Å²) in [5.41, 5.74) is 0. The lowest BCUT2D eigenvalue weighted by Crippen LogP contribution is -2.35. The van der Waals surface area contributed by atoms with Crippen molar-refractivity contribution in [1.82, 2.24) is 14.1 Å². The quantitative estimate of drug-likeness (QED) is 0.870. The molecule has 0 radical (unpaired) electrons. The molecule has 0 saturated heterocycles. The Labute approximate surface area is 107 Å². The van der Waals surface area contributed by atoms with E-state index < -0.39 is 16.1 Å². The van der Waals surface area contributed by atoms with Gasteiger partial charge >= 0.3 is 0 Å². The Morgan fingerprint density at radius 3 is 3.06 bits per heavy atom. The third kappa shape index (κ3) is 2.31. The standard InChI is InChI=1S/C8H10ClN3O3S2/c1-5(4-13)11-17(14,15)7-6(9)10-8-12(7)2-3-16-8/h2-3,5,11,13H,4H2,1H3/t5-/m0/s1. The molecule has 2 rings (SSSR count). The van der Waals surface area contributed by atoms with Gasteiger partial charge in [0, 0.05) is 17.6 Å². The van der Waals surface area contributed by atoms with Gasteiger partial charge in [-0.1, -0.05) is 11.6 Å². The van der Waals surface area contributed by atoms with Gasteiger partial charge in [-0.3, -0.25) is 4.40 Å². The first kappa shape index (κ1) is 12.8. The second-order valence-corrected chi connectivity index (χ2v) is 6.33. The number of nitrogens with one attached hydrogen (secondary N) is 1. The third-order valence-corrected chi connectivity index (χ3v) is 4.81. The highest BCUT2D eigenvalue weighted by atomic mass is 35.5. The number of rotatable bonds is 4. The molecule has 0 bridgehead atoms. The first-order valence-electron chi connectivity index (χ1n) is 4.70. The summed E-state index contributed by atoms with van der Waals surface area (Å²) in [6.45, 7) is 1.26. The van der Waals surface area contributed by atoms with E-state index in [-0.39, 0.29) is 16.8 Å². The summed E-state index contributed by atoms with van der Waals surface area (Å²) in [4.78, 5) is 4.44. The number of thiazole rings is 1. The number of halogens is 1. The lowest BCUT2D eigenvalue weighted by Gasteiger charge is -2.10. The van der Waals surface area contributed by atoms with Gasteiger partial charge in [-0.15, -0.1) is 11.3 Å². The molecule has 9 heteroatoms. The maximum atomic E-state index is 12.0. The summed E-state index contributed by atoms with van der Waals surface area (Å²) in [6.07, 6.45) is 1.58. The highest BCUT2D eigenvalue weighted by molar-refractivity contribution is 7.89. The average molecular weight is 296 g/mol. The topological polar surface area (TPSA) is 83.7 Å². The van der Waals surface area contributed by atoms with E-state index in [0.29, 0.717) is 4.96 Å². The summed E-state index contributed by atoms with van der Waals surface area (Å²) in [6, 6.07) is -0.583. The molecule has 0 aliphatic heterocycles. The summed E-state index contributed by atoms with van der Waals surface area (Å²) in [7, 11) is -3.79. The largest absolute Gasteiger partial charge is 0.395 e. The minimum absolute atomic E-state index is 0.0745. The van der Waals surface area contributed by atoms with Crippen molar-refractivity contribution in [1.29, 1.82) is 0 Å². The zero-order valence-electron chi connectivity index (χ0n) is 8.79. The number of aliphatic hydroxyl groups is 1. The van der Waals surface area contributed by atoms with Crippen LogP contribution in [0.1, 0.15) is 6.92 Å². The SMILES string of the molecule is C[C@@H](CO)NS(=O)(=O)c1c(Cl)nc2sccn12. The Kier molecular flexibility index (Phi) is 3.41. The molecule has 0 fully saturated rings. The highest BCUT2D eigenvalue weighted by Gasteiger charge is 2.26. The van der Waals surface area contributed by atoms with Crippen LogP contribution in [0.15, 0.2) is 16.6 Å². The molecule has 2 aromatic heterocycles. The molecule has 6 nitrogen and oxygen atoms in total. The predicted molar refractivity (Wildman–Crippen MR) is 64.9 cm³/mol. The van der Waals surface area contributed by atoms with E-state index in [1.807, 2.05) is 0 Å². The molecule has 0 saturated carbocycles. The van der Waals surface area contributed by atoms with Crippen LogP contribution in [0, 0.1) is 0 Å². The molecule has 2 aromatic rings. The van der Waals surface area contributed by atoms with Gasteiger partial charge in [-0.05, 0) is 6.92 Å². The Balaban J connectivity index is 2.51. The zero-order chi connectivity index (χ0) is 12.6. The first-order valence-corrected chi connectivity index (χ1v) is 7.44. The van der Waals surface area contributed by atoms with E-state index in [1.54, 1.807) is 18.5 Å². The van der Waals surface area contributed by atoms with E-state index in [0.717, 1.165) is 0 Å². The van der Waals surface area contributed by atoms with Crippen molar-refractivity contribution in [3.63, 3.8) is 0 Å². The first-order chi connectivity index (χ1) is 7.95.